The number of carbonyl (C=O) groups excluding carboxylic acids is 1. The monoisotopic (exact) mass is 287 g/mol. The van der Waals surface area contributed by atoms with Crippen LogP contribution in [0.2, 0.25) is 0 Å². The molecule has 0 bridgehead atoms. The second kappa shape index (κ2) is 8.46. The molecule has 1 unspecified atom stereocenters. The van der Waals surface area contributed by atoms with E-state index in [-0.39, 0.29) is 12.5 Å². The number of ether oxygens (including phenoxy) is 1. The SMILES string of the molecule is O=C(NCC1CCCOC1)c1ccccc1C#CCCO. The van der Waals surface area contributed by atoms with Crippen LogP contribution in [0.4, 0.5) is 0 Å². The molecule has 1 aromatic rings. The van der Waals surface area contributed by atoms with Crippen LogP contribution in [0.3, 0.4) is 0 Å². The Balaban J connectivity index is 1.96. The number of aliphatic hydroxyl groups is 1. The smallest absolute Gasteiger partial charge is 0.252 e. The third kappa shape index (κ3) is 4.89. The molecule has 1 atom stereocenters. The van der Waals surface area contributed by atoms with Gasteiger partial charge in [0.1, 0.15) is 0 Å². The quantitative estimate of drug-likeness (QED) is 0.827. The second-order valence-corrected chi connectivity index (χ2v) is 5.11. The van der Waals surface area contributed by atoms with Gasteiger partial charge in [0.2, 0.25) is 0 Å². The highest BCUT2D eigenvalue weighted by Gasteiger charge is 2.16. The van der Waals surface area contributed by atoms with Crippen LogP contribution >= 0.6 is 0 Å². The van der Waals surface area contributed by atoms with E-state index >= 15 is 0 Å². The summed E-state index contributed by atoms with van der Waals surface area (Å²) in [5.41, 5.74) is 1.28. The average molecular weight is 287 g/mol. The van der Waals surface area contributed by atoms with E-state index < -0.39 is 0 Å². The molecule has 0 radical (unpaired) electrons. The third-order valence-electron chi connectivity index (χ3n) is 3.44. The molecule has 1 aromatic carbocycles. The van der Waals surface area contributed by atoms with Gasteiger partial charge in [0, 0.05) is 25.1 Å². The fourth-order valence-electron chi connectivity index (χ4n) is 2.30. The van der Waals surface area contributed by atoms with Crippen LogP contribution in [0.15, 0.2) is 24.3 Å². The molecule has 0 saturated carbocycles. The van der Waals surface area contributed by atoms with Crippen LogP contribution in [-0.2, 0) is 4.74 Å². The van der Waals surface area contributed by atoms with Crippen molar-refractivity contribution >= 4 is 5.91 Å². The number of carbonyl (C=O) groups is 1. The van der Waals surface area contributed by atoms with Crippen molar-refractivity contribution in [3.05, 3.63) is 35.4 Å². The van der Waals surface area contributed by atoms with Crippen LogP contribution in [-0.4, -0.2) is 37.4 Å². The Morgan fingerprint density at radius 2 is 2.29 bits per heavy atom. The van der Waals surface area contributed by atoms with Crippen molar-refractivity contribution in [2.45, 2.75) is 19.3 Å². The van der Waals surface area contributed by atoms with Gasteiger partial charge in [-0.15, -0.1) is 0 Å². The summed E-state index contributed by atoms with van der Waals surface area (Å²) in [4.78, 5) is 12.3. The van der Waals surface area contributed by atoms with Gasteiger partial charge in [-0.25, -0.2) is 0 Å². The van der Waals surface area contributed by atoms with Gasteiger partial charge >= 0.3 is 0 Å². The number of amides is 1. The molecular formula is C17H21NO3. The van der Waals surface area contributed by atoms with Gasteiger partial charge in [-0.1, -0.05) is 24.0 Å². The van der Waals surface area contributed by atoms with E-state index in [1.165, 1.54) is 0 Å². The highest BCUT2D eigenvalue weighted by atomic mass is 16.5. The van der Waals surface area contributed by atoms with Crippen molar-refractivity contribution in [3.8, 4) is 11.8 Å². The van der Waals surface area contributed by atoms with Gasteiger partial charge in [-0.3, -0.25) is 4.79 Å². The Bertz CT molecular complexity index is 524. The molecule has 1 aliphatic rings. The minimum atomic E-state index is -0.102. The van der Waals surface area contributed by atoms with E-state index in [9.17, 15) is 4.79 Å². The Labute approximate surface area is 125 Å². The lowest BCUT2D eigenvalue weighted by molar-refractivity contribution is 0.0536. The molecule has 1 heterocycles. The Hall–Kier alpha value is -1.83. The highest BCUT2D eigenvalue weighted by molar-refractivity contribution is 5.96. The topological polar surface area (TPSA) is 58.6 Å². The molecule has 4 nitrogen and oxygen atoms in total. The summed E-state index contributed by atoms with van der Waals surface area (Å²) in [5, 5.41) is 11.7. The zero-order valence-electron chi connectivity index (χ0n) is 12.1. The molecule has 1 amide bonds. The maximum absolute atomic E-state index is 12.3. The van der Waals surface area contributed by atoms with Crippen molar-refractivity contribution in [2.24, 2.45) is 5.92 Å². The van der Waals surface area contributed by atoms with Crippen LogP contribution in [0.1, 0.15) is 35.2 Å². The van der Waals surface area contributed by atoms with Gasteiger partial charge in [0.25, 0.3) is 5.91 Å². The van der Waals surface area contributed by atoms with Gasteiger partial charge in [-0.05, 0) is 30.9 Å². The van der Waals surface area contributed by atoms with Gasteiger partial charge in [-0.2, -0.15) is 0 Å². The first-order chi connectivity index (χ1) is 10.3. The summed E-state index contributed by atoms with van der Waals surface area (Å²) in [5.74, 6) is 6.09. The summed E-state index contributed by atoms with van der Waals surface area (Å²) >= 11 is 0. The number of hydrogen-bond acceptors (Lipinski definition) is 3. The minimum absolute atomic E-state index is 0.0308. The molecule has 1 fully saturated rings. The van der Waals surface area contributed by atoms with E-state index in [0.29, 0.717) is 30.0 Å². The molecule has 2 N–H and O–H groups in total. The molecule has 0 aromatic heterocycles. The number of hydrogen-bond donors (Lipinski definition) is 2. The van der Waals surface area contributed by atoms with E-state index in [2.05, 4.69) is 17.2 Å². The Morgan fingerprint density at radius 1 is 1.43 bits per heavy atom. The third-order valence-corrected chi connectivity index (χ3v) is 3.44. The maximum Gasteiger partial charge on any atom is 0.252 e. The largest absolute Gasteiger partial charge is 0.395 e. The Kier molecular flexibility index (Phi) is 6.26. The van der Waals surface area contributed by atoms with Crippen LogP contribution in [0.5, 0.6) is 0 Å². The summed E-state index contributed by atoms with van der Waals surface area (Å²) in [6, 6.07) is 7.28. The molecule has 21 heavy (non-hydrogen) atoms. The Morgan fingerprint density at radius 3 is 3.05 bits per heavy atom. The first-order valence-electron chi connectivity index (χ1n) is 7.36. The summed E-state index contributed by atoms with van der Waals surface area (Å²) < 4.78 is 5.41. The van der Waals surface area contributed by atoms with Crippen molar-refractivity contribution in [1.29, 1.82) is 0 Å². The first-order valence-corrected chi connectivity index (χ1v) is 7.36. The standard InChI is InChI=1S/C17H21NO3/c19-10-4-3-8-15-7-1-2-9-16(15)17(20)18-12-14-6-5-11-21-13-14/h1-2,7,9,14,19H,4-6,10-13H2,(H,18,20). The predicted octanol–water partition coefficient (Wildman–Crippen LogP) is 1.58. The average Bonchev–Trinajstić information content (AvgIpc) is 2.54. The molecule has 2 rings (SSSR count). The zero-order chi connectivity index (χ0) is 14.9. The van der Waals surface area contributed by atoms with E-state index in [1.807, 2.05) is 18.2 Å². The van der Waals surface area contributed by atoms with E-state index in [4.69, 9.17) is 9.84 Å². The van der Waals surface area contributed by atoms with E-state index in [1.54, 1.807) is 6.07 Å². The highest BCUT2D eigenvalue weighted by Crippen LogP contribution is 2.13. The summed E-state index contributed by atoms with van der Waals surface area (Å²) in [7, 11) is 0. The molecular weight excluding hydrogens is 266 g/mol. The van der Waals surface area contributed by atoms with Gasteiger partial charge < -0.3 is 15.2 Å². The number of benzene rings is 1. The van der Waals surface area contributed by atoms with E-state index in [0.717, 1.165) is 26.1 Å². The number of aliphatic hydroxyl groups excluding tert-OH is 1. The van der Waals surface area contributed by atoms with Gasteiger partial charge in [0.05, 0.1) is 18.8 Å². The molecule has 1 saturated heterocycles. The fourth-order valence-corrected chi connectivity index (χ4v) is 2.30. The lowest BCUT2D eigenvalue weighted by atomic mass is 10.0. The van der Waals surface area contributed by atoms with Crippen molar-refractivity contribution in [2.75, 3.05) is 26.4 Å². The normalized spacial score (nSPS) is 17.7. The summed E-state index contributed by atoms with van der Waals surface area (Å²) in [6.45, 7) is 2.21. The van der Waals surface area contributed by atoms with Crippen molar-refractivity contribution in [3.63, 3.8) is 0 Å². The lowest BCUT2D eigenvalue weighted by Crippen LogP contribution is -2.33. The minimum Gasteiger partial charge on any atom is -0.395 e. The zero-order valence-corrected chi connectivity index (χ0v) is 12.1. The van der Waals surface area contributed by atoms with Crippen LogP contribution in [0.25, 0.3) is 0 Å². The second-order valence-electron chi connectivity index (χ2n) is 5.11. The first kappa shape index (κ1) is 15.6. The number of nitrogens with one attached hydrogen (secondary N) is 1. The van der Waals surface area contributed by atoms with Crippen LogP contribution in [0, 0.1) is 17.8 Å². The van der Waals surface area contributed by atoms with Crippen molar-refractivity contribution in [1.82, 2.24) is 5.32 Å². The van der Waals surface area contributed by atoms with Crippen LogP contribution < -0.4 is 5.32 Å². The maximum atomic E-state index is 12.3. The fraction of sp³-hybridized carbons (Fsp3) is 0.471. The summed E-state index contributed by atoms with van der Waals surface area (Å²) in [6.07, 6.45) is 2.57. The molecule has 112 valence electrons. The van der Waals surface area contributed by atoms with Crippen molar-refractivity contribution < 1.29 is 14.6 Å². The molecule has 0 aliphatic carbocycles. The number of rotatable bonds is 4. The molecule has 1 aliphatic heterocycles. The molecule has 4 heteroatoms. The molecule has 0 spiro atoms. The van der Waals surface area contributed by atoms with Gasteiger partial charge in [0.15, 0.2) is 0 Å². The predicted molar refractivity (Wildman–Crippen MR) is 80.9 cm³/mol. The lowest BCUT2D eigenvalue weighted by Gasteiger charge is -2.22.